The lowest BCUT2D eigenvalue weighted by Gasteiger charge is -2.03. The Bertz CT molecular complexity index is 468. The van der Waals surface area contributed by atoms with Gasteiger partial charge >= 0.3 is 0 Å². The quantitative estimate of drug-likeness (QED) is 0.792. The number of nitrogens with zero attached hydrogens (tertiary/aromatic N) is 2. The van der Waals surface area contributed by atoms with Crippen molar-refractivity contribution in [3.63, 3.8) is 0 Å². The number of hydrogen-bond donors (Lipinski definition) is 0. The summed E-state index contributed by atoms with van der Waals surface area (Å²) in [5, 5.41) is 4.08. The Balaban J connectivity index is 1.96. The van der Waals surface area contributed by atoms with Gasteiger partial charge < -0.3 is 4.74 Å². The molecule has 84 valence electrons. The van der Waals surface area contributed by atoms with Crippen LogP contribution in [0.2, 0.25) is 0 Å². The van der Waals surface area contributed by atoms with Crippen LogP contribution in [0.5, 0.6) is 5.75 Å². The first-order chi connectivity index (χ1) is 7.78. The highest BCUT2D eigenvalue weighted by Crippen LogP contribution is 2.11. The lowest BCUT2D eigenvalue weighted by atomic mass is 10.2. The first kappa shape index (κ1) is 10.7. The molecule has 0 aliphatic rings. The number of hydrogen-bond acceptors (Lipinski definition) is 2. The molecule has 0 fully saturated rings. The molecule has 0 unspecified atom stereocenters. The normalized spacial score (nSPS) is 10.4. The monoisotopic (exact) mass is 220 g/mol. The average molecular weight is 220 g/mol. The van der Waals surface area contributed by atoms with Crippen molar-refractivity contribution in [2.45, 2.75) is 20.1 Å². The zero-order valence-corrected chi connectivity index (χ0v) is 9.06. The number of aromatic nitrogens is 2. The molecule has 4 heteroatoms. The van der Waals surface area contributed by atoms with Gasteiger partial charge in [0.05, 0.1) is 12.4 Å². The maximum atomic E-state index is 12.9. The zero-order valence-electron chi connectivity index (χ0n) is 9.06. The van der Waals surface area contributed by atoms with Crippen LogP contribution < -0.4 is 4.74 Å². The molecule has 0 aliphatic carbocycles. The fourth-order valence-corrected chi connectivity index (χ4v) is 1.39. The third-order valence-electron chi connectivity index (χ3n) is 2.23. The smallest absolute Gasteiger partial charge is 0.157 e. The number of halogens is 1. The van der Waals surface area contributed by atoms with Gasteiger partial charge in [0, 0.05) is 6.54 Å². The van der Waals surface area contributed by atoms with Gasteiger partial charge in [0.25, 0.3) is 0 Å². The van der Waals surface area contributed by atoms with Crippen molar-refractivity contribution in [1.29, 1.82) is 0 Å². The van der Waals surface area contributed by atoms with Crippen molar-refractivity contribution in [3.8, 4) is 5.75 Å². The molecule has 1 aromatic carbocycles. The van der Waals surface area contributed by atoms with Gasteiger partial charge in [-0.05, 0) is 24.6 Å². The zero-order chi connectivity index (χ0) is 11.4. The molecule has 1 aromatic heterocycles. The second-order valence-corrected chi connectivity index (χ2v) is 3.45. The minimum Gasteiger partial charge on any atom is -0.486 e. The van der Waals surface area contributed by atoms with E-state index in [0.29, 0.717) is 12.4 Å². The van der Waals surface area contributed by atoms with E-state index in [1.54, 1.807) is 16.9 Å². The third kappa shape index (κ3) is 2.59. The number of aryl methyl sites for hydroxylation is 1. The summed E-state index contributed by atoms with van der Waals surface area (Å²) in [5.74, 6) is 0.455. The van der Waals surface area contributed by atoms with E-state index in [4.69, 9.17) is 4.74 Å². The van der Waals surface area contributed by atoms with E-state index < -0.39 is 0 Å². The molecule has 0 radical (unpaired) electrons. The molecule has 0 amide bonds. The number of benzene rings is 1. The van der Waals surface area contributed by atoms with Gasteiger partial charge in [0.1, 0.15) is 12.4 Å². The van der Waals surface area contributed by atoms with Gasteiger partial charge in [0.15, 0.2) is 5.75 Å². The van der Waals surface area contributed by atoms with E-state index in [0.717, 1.165) is 12.1 Å². The summed E-state index contributed by atoms with van der Waals surface area (Å²) in [4.78, 5) is 0. The van der Waals surface area contributed by atoms with E-state index in [2.05, 4.69) is 5.10 Å². The molecule has 16 heavy (non-hydrogen) atoms. The summed E-state index contributed by atoms with van der Waals surface area (Å²) < 4.78 is 20.1. The van der Waals surface area contributed by atoms with Crippen LogP contribution in [0.4, 0.5) is 4.39 Å². The fraction of sp³-hybridized carbons (Fsp3) is 0.250. The Morgan fingerprint density at radius 2 is 2.31 bits per heavy atom. The first-order valence-electron chi connectivity index (χ1n) is 5.17. The summed E-state index contributed by atoms with van der Waals surface area (Å²) in [7, 11) is 0. The van der Waals surface area contributed by atoms with E-state index in [9.17, 15) is 4.39 Å². The molecular weight excluding hydrogens is 207 g/mol. The molecule has 3 nitrogen and oxygen atoms in total. The topological polar surface area (TPSA) is 27.1 Å². The highest BCUT2D eigenvalue weighted by molar-refractivity contribution is 5.17. The second kappa shape index (κ2) is 4.79. The van der Waals surface area contributed by atoms with Crippen LogP contribution in [0.3, 0.4) is 0 Å². The van der Waals surface area contributed by atoms with Crippen molar-refractivity contribution in [2.75, 3.05) is 0 Å². The van der Waals surface area contributed by atoms with Gasteiger partial charge in [-0.3, -0.25) is 4.68 Å². The Hall–Kier alpha value is -1.84. The minimum atomic E-state index is -0.245. The molecule has 2 aromatic rings. The fourth-order valence-electron chi connectivity index (χ4n) is 1.39. The van der Waals surface area contributed by atoms with E-state index in [-0.39, 0.29) is 5.82 Å². The molecule has 0 saturated carbocycles. The standard InChI is InChI=1S/C12H13FN2O/c1-2-15-8-12(7-14-15)16-9-10-4-3-5-11(13)6-10/h3-8H,2,9H2,1H3. The van der Waals surface area contributed by atoms with Crippen LogP contribution in [0.15, 0.2) is 36.7 Å². The van der Waals surface area contributed by atoms with Crippen molar-refractivity contribution < 1.29 is 9.13 Å². The second-order valence-electron chi connectivity index (χ2n) is 3.45. The predicted molar refractivity (Wildman–Crippen MR) is 58.6 cm³/mol. The van der Waals surface area contributed by atoms with Crippen LogP contribution in [-0.2, 0) is 13.2 Å². The number of rotatable bonds is 4. The molecular formula is C12H13FN2O. The highest BCUT2D eigenvalue weighted by Gasteiger charge is 1.99. The summed E-state index contributed by atoms with van der Waals surface area (Å²) in [6.07, 6.45) is 3.47. The molecule has 0 saturated heterocycles. The maximum Gasteiger partial charge on any atom is 0.157 e. The summed E-state index contributed by atoms with van der Waals surface area (Å²) >= 11 is 0. The van der Waals surface area contributed by atoms with Gasteiger partial charge in [-0.1, -0.05) is 12.1 Å². The molecule has 0 bridgehead atoms. The molecule has 0 atom stereocenters. The highest BCUT2D eigenvalue weighted by atomic mass is 19.1. The Morgan fingerprint density at radius 1 is 1.44 bits per heavy atom. The molecule has 1 heterocycles. The first-order valence-corrected chi connectivity index (χ1v) is 5.17. The maximum absolute atomic E-state index is 12.9. The molecule has 0 spiro atoms. The van der Waals surface area contributed by atoms with E-state index >= 15 is 0 Å². The van der Waals surface area contributed by atoms with Crippen molar-refractivity contribution >= 4 is 0 Å². The minimum absolute atomic E-state index is 0.245. The Morgan fingerprint density at radius 3 is 3.00 bits per heavy atom. The van der Waals surface area contributed by atoms with Crippen LogP contribution in [0.1, 0.15) is 12.5 Å². The predicted octanol–water partition coefficient (Wildman–Crippen LogP) is 2.62. The van der Waals surface area contributed by atoms with Crippen LogP contribution in [0, 0.1) is 5.82 Å². The Labute approximate surface area is 93.5 Å². The SMILES string of the molecule is CCn1cc(OCc2cccc(F)c2)cn1. The van der Waals surface area contributed by atoms with Gasteiger partial charge in [-0.2, -0.15) is 5.10 Å². The molecule has 0 N–H and O–H groups in total. The summed E-state index contributed by atoms with van der Waals surface area (Å²) in [5.41, 5.74) is 0.809. The van der Waals surface area contributed by atoms with Crippen molar-refractivity contribution in [2.24, 2.45) is 0 Å². The average Bonchev–Trinajstić information content (AvgIpc) is 2.74. The summed E-state index contributed by atoms with van der Waals surface area (Å²) in [6.45, 7) is 3.17. The third-order valence-corrected chi connectivity index (χ3v) is 2.23. The van der Waals surface area contributed by atoms with Gasteiger partial charge in [-0.15, -0.1) is 0 Å². The van der Waals surface area contributed by atoms with E-state index in [1.807, 2.05) is 19.2 Å². The van der Waals surface area contributed by atoms with Crippen LogP contribution in [-0.4, -0.2) is 9.78 Å². The van der Waals surface area contributed by atoms with Crippen molar-refractivity contribution in [3.05, 3.63) is 48.0 Å². The van der Waals surface area contributed by atoms with Crippen molar-refractivity contribution in [1.82, 2.24) is 9.78 Å². The molecule has 2 rings (SSSR count). The van der Waals surface area contributed by atoms with Crippen LogP contribution >= 0.6 is 0 Å². The molecule has 0 aliphatic heterocycles. The lowest BCUT2D eigenvalue weighted by Crippen LogP contribution is -1.95. The van der Waals surface area contributed by atoms with Gasteiger partial charge in [-0.25, -0.2) is 4.39 Å². The van der Waals surface area contributed by atoms with Gasteiger partial charge in [0.2, 0.25) is 0 Å². The Kier molecular flexibility index (Phi) is 3.19. The van der Waals surface area contributed by atoms with E-state index in [1.165, 1.54) is 12.1 Å². The van der Waals surface area contributed by atoms with Crippen LogP contribution in [0.25, 0.3) is 0 Å². The summed E-state index contributed by atoms with van der Waals surface area (Å²) in [6, 6.07) is 6.37. The lowest BCUT2D eigenvalue weighted by molar-refractivity contribution is 0.305. The largest absolute Gasteiger partial charge is 0.486 e. The number of ether oxygens (including phenoxy) is 1.